The highest BCUT2D eigenvalue weighted by Gasteiger charge is 2.32. The van der Waals surface area contributed by atoms with E-state index >= 15 is 0 Å². The van der Waals surface area contributed by atoms with Gasteiger partial charge >= 0.3 is 11.9 Å². The average molecular weight is 413 g/mol. The molecule has 8 nitrogen and oxygen atoms in total. The molecule has 2 aliphatic rings. The minimum atomic E-state index is -3.32. The third-order valence-electron chi connectivity index (χ3n) is 5.26. The molecule has 2 atom stereocenters. The van der Waals surface area contributed by atoms with Crippen molar-refractivity contribution in [2.24, 2.45) is 5.92 Å². The van der Waals surface area contributed by atoms with Gasteiger partial charge in [-0.1, -0.05) is 38.0 Å². The Hall–Kier alpha value is -1.97. The molecule has 1 aliphatic heterocycles. The van der Waals surface area contributed by atoms with E-state index in [-0.39, 0.29) is 0 Å². The van der Waals surface area contributed by atoms with Crippen LogP contribution in [0.3, 0.4) is 0 Å². The summed E-state index contributed by atoms with van der Waals surface area (Å²) >= 11 is 0. The van der Waals surface area contributed by atoms with Crippen LogP contribution in [-0.4, -0.2) is 72.0 Å². The molecule has 28 heavy (non-hydrogen) atoms. The normalized spacial score (nSPS) is 24.0. The Morgan fingerprint density at radius 3 is 2.04 bits per heavy atom. The maximum absolute atomic E-state index is 12.6. The minimum absolute atomic E-state index is 0.412. The standard InChI is InChI=1S/C17H26N2O2S.C2H2O4/c1-15-6-5-7-16(14-15)18-10-12-19(13-11-18)22(20,21)17-8-3-2-4-9-17;3-1(4)2(5)6/h2-4,8-9,15-16H,5-7,10-14H2,1H3;(H,3,4)(H,5,6). The summed E-state index contributed by atoms with van der Waals surface area (Å²) in [5, 5.41) is 14.8. The first-order valence-electron chi connectivity index (χ1n) is 9.47. The highest BCUT2D eigenvalue weighted by molar-refractivity contribution is 7.89. The van der Waals surface area contributed by atoms with Gasteiger partial charge in [0.2, 0.25) is 10.0 Å². The quantitative estimate of drug-likeness (QED) is 0.727. The number of piperazine rings is 1. The summed E-state index contributed by atoms with van der Waals surface area (Å²) in [5.74, 6) is -2.84. The summed E-state index contributed by atoms with van der Waals surface area (Å²) in [4.78, 5) is 21.1. The van der Waals surface area contributed by atoms with Crippen molar-refractivity contribution in [2.45, 2.75) is 43.5 Å². The predicted molar refractivity (Wildman–Crippen MR) is 103 cm³/mol. The van der Waals surface area contributed by atoms with Gasteiger partial charge in [-0.2, -0.15) is 4.31 Å². The van der Waals surface area contributed by atoms with Crippen molar-refractivity contribution < 1.29 is 28.2 Å². The van der Waals surface area contributed by atoms with Crippen LogP contribution in [0.4, 0.5) is 0 Å². The maximum atomic E-state index is 12.6. The Morgan fingerprint density at radius 2 is 1.54 bits per heavy atom. The Bertz CT molecular complexity index is 748. The number of carbonyl (C=O) groups is 2. The molecular formula is C19H28N2O6S. The molecule has 9 heteroatoms. The number of carboxylic acids is 2. The van der Waals surface area contributed by atoms with Crippen molar-refractivity contribution in [3.05, 3.63) is 30.3 Å². The van der Waals surface area contributed by atoms with Gasteiger partial charge < -0.3 is 10.2 Å². The van der Waals surface area contributed by atoms with E-state index in [4.69, 9.17) is 19.8 Å². The highest BCUT2D eigenvalue weighted by Crippen LogP contribution is 2.28. The van der Waals surface area contributed by atoms with Crippen LogP contribution < -0.4 is 0 Å². The first-order chi connectivity index (χ1) is 13.2. The molecule has 0 bridgehead atoms. The van der Waals surface area contributed by atoms with E-state index in [9.17, 15) is 8.42 Å². The fraction of sp³-hybridized carbons (Fsp3) is 0.579. The van der Waals surface area contributed by atoms with E-state index in [0.717, 1.165) is 19.0 Å². The number of benzene rings is 1. The lowest BCUT2D eigenvalue weighted by molar-refractivity contribution is -0.159. The number of hydrogen-bond donors (Lipinski definition) is 2. The van der Waals surface area contributed by atoms with Crippen LogP contribution in [0.2, 0.25) is 0 Å². The average Bonchev–Trinajstić information content (AvgIpc) is 2.69. The van der Waals surface area contributed by atoms with Crippen LogP contribution in [0.15, 0.2) is 35.2 Å². The van der Waals surface area contributed by atoms with Gasteiger partial charge in [-0.05, 0) is 30.9 Å². The summed E-state index contributed by atoms with van der Waals surface area (Å²) in [6.07, 6.45) is 5.20. The van der Waals surface area contributed by atoms with E-state index in [1.165, 1.54) is 25.7 Å². The number of nitrogens with zero attached hydrogens (tertiary/aromatic N) is 2. The second kappa shape index (κ2) is 9.99. The molecule has 1 aromatic carbocycles. The fourth-order valence-electron chi connectivity index (χ4n) is 3.78. The van der Waals surface area contributed by atoms with Crippen LogP contribution in [0, 0.1) is 5.92 Å². The SMILES string of the molecule is CC1CCCC(N2CCN(S(=O)(=O)c3ccccc3)CC2)C1.O=C(O)C(=O)O. The zero-order chi connectivity index (χ0) is 20.7. The lowest BCUT2D eigenvalue weighted by Crippen LogP contribution is -2.52. The van der Waals surface area contributed by atoms with Crippen molar-refractivity contribution in [3.63, 3.8) is 0 Å². The van der Waals surface area contributed by atoms with Crippen molar-refractivity contribution in [1.29, 1.82) is 0 Å². The minimum Gasteiger partial charge on any atom is -0.473 e. The van der Waals surface area contributed by atoms with Gasteiger partial charge in [0.1, 0.15) is 0 Å². The van der Waals surface area contributed by atoms with E-state index < -0.39 is 22.0 Å². The lowest BCUT2D eigenvalue weighted by atomic mass is 9.86. The molecule has 1 saturated carbocycles. The summed E-state index contributed by atoms with van der Waals surface area (Å²) in [6, 6.07) is 9.44. The molecule has 2 N–H and O–H groups in total. The summed E-state index contributed by atoms with van der Waals surface area (Å²) in [7, 11) is -3.32. The highest BCUT2D eigenvalue weighted by atomic mass is 32.2. The Balaban J connectivity index is 0.000000409. The van der Waals surface area contributed by atoms with Crippen LogP contribution in [0.1, 0.15) is 32.6 Å². The Kier molecular flexibility index (Phi) is 7.97. The molecule has 1 heterocycles. The molecule has 2 unspecified atom stereocenters. The van der Waals surface area contributed by atoms with Crippen LogP contribution >= 0.6 is 0 Å². The van der Waals surface area contributed by atoms with Crippen molar-refractivity contribution >= 4 is 22.0 Å². The fourth-order valence-corrected chi connectivity index (χ4v) is 5.23. The van der Waals surface area contributed by atoms with E-state index in [1.54, 1.807) is 28.6 Å². The first kappa shape index (κ1) is 22.3. The van der Waals surface area contributed by atoms with Gasteiger partial charge in [0, 0.05) is 32.2 Å². The zero-order valence-corrected chi connectivity index (χ0v) is 16.8. The number of sulfonamides is 1. The van der Waals surface area contributed by atoms with Crippen LogP contribution in [0.5, 0.6) is 0 Å². The van der Waals surface area contributed by atoms with Gasteiger partial charge in [-0.25, -0.2) is 18.0 Å². The molecule has 1 saturated heterocycles. The molecule has 0 aromatic heterocycles. The Morgan fingerprint density at radius 1 is 0.964 bits per heavy atom. The Labute approximate surface area is 165 Å². The number of hydrogen-bond acceptors (Lipinski definition) is 5. The van der Waals surface area contributed by atoms with E-state index in [0.29, 0.717) is 24.0 Å². The third kappa shape index (κ3) is 6.02. The molecule has 1 aromatic rings. The van der Waals surface area contributed by atoms with Gasteiger partial charge in [-0.3, -0.25) is 4.90 Å². The maximum Gasteiger partial charge on any atom is 0.414 e. The van der Waals surface area contributed by atoms with Crippen LogP contribution in [0.25, 0.3) is 0 Å². The largest absolute Gasteiger partial charge is 0.473 e. The van der Waals surface area contributed by atoms with Crippen LogP contribution in [-0.2, 0) is 19.6 Å². The lowest BCUT2D eigenvalue weighted by Gasteiger charge is -2.41. The molecule has 2 fully saturated rings. The van der Waals surface area contributed by atoms with Crippen molar-refractivity contribution in [3.8, 4) is 0 Å². The summed E-state index contributed by atoms with van der Waals surface area (Å²) in [5.41, 5.74) is 0. The molecule has 3 rings (SSSR count). The molecule has 1 aliphatic carbocycles. The molecule has 0 amide bonds. The number of aliphatic carboxylic acids is 2. The van der Waals surface area contributed by atoms with E-state index in [1.807, 2.05) is 6.07 Å². The predicted octanol–water partition coefficient (Wildman–Crippen LogP) is 1.73. The van der Waals surface area contributed by atoms with Crippen molar-refractivity contribution in [2.75, 3.05) is 26.2 Å². The first-order valence-corrected chi connectivity index (χ1v) is 10.9. The number of rotatable bonds is 3. The molecule has 0 radical (unpaired) electrons. The zero-order valence-electron chi connectivity index (χ0n) is 16.0. The smallest absolute Gasteiger partial charge is 0.414 e. The molecule has 0 spiro atoms. The summed E-state index contributed by atoms with van der Waals surface area (Å²) in [6.45, 7) is 5.29. The van der Waals surface area contributed by atoms with Gasteiger partial charge in [0.25, 0.3) is 0 Å². The number of carboxylic acid groups (broad SMARTS) is 2. The van der Waals surface area contributed by atoms with Gasteiger partial charge in [0.05, 0.1) is 4.90 Å². The second-order valence-electron chi connectivity index (χ2n) is 7.29. The van der Waals surface area contributed by atoms with Crippen molar-refractivity contribution in [1.82, 2.24) is 9.21 Å². The monoisotopic (exact) mass is 412 g/mol. The van der Waals surface area contributed by atoms with Gasteiger partial charge in [-0.15, -0.1) is 0 Å². The summed E-state index contributed by atoms with van der Waals surface area (Å²) < 4.78 is 26.9. The molecule has 156 valence electrons. The second-order valence-corrected chi connectivity index (χ2v) is 9.23. The van der Waals surface area contributed by atoms with Gasteiger partial charge in [0.15, 0.2) is 0 Å². The molecular weight excluding hydrogens is 384 g/mol. The van der Waals surface area contributed by atoms with E-state index in [2.05, 4.69) is 11.8 Å². The topological polar surface area (TPSA) is 115 Å². The third-order valence-corrected chi connectivity index (χ3v) is 7.18.